The summed E-state index contributed by atoms with van der Waals surface area (Å²) < 4.78 is 0.830. The van der Waals surface area contributed by atoms with Crippen LogP contribution in [-0.4, -0.2) is 4.98 Å². The minimum atomic E-state index is 0.430. The number of hydrogen-bond acceptors (Lipinski definition) is 2. The number of fused-ring (bicyclic) bond motifs is 1. The van der Waals surface area contributed by atoms with Crippen molar-refractivity contribution in [1.82, 2.24) is 4.98 Å². The van der Waals surface area contributed by atoms with Crippen molar-refractivity contribution in [2.24, 2.45) is 0 Å². The van der Waals surface area contributed by atoms with Crippen molar-refractivity contribution in [2.45, 2.75) is 0 Å². The number of rotatable bonds is 0. The van der Waals surface area contributed by atoms with Gasteiger partial charge in [-0.2, -0.15) is 5.26 Å². The first-order valence-electron chi connectivity index (χ1n) is 3.86. The lowest BCUT2D eigenvalue weighted by Gasteiger charge is -2.00. The van der Waals surface area contributed by atoms with E-state index >= 15 is 0 Å². The number of aromatic nitrogens is 1. The fraction of sp³-hybridized carbons (Fsp3) is 0. The highest BCUT2D eigenvalue weighted by Gasteiger charge is 2.03. The summed E-state index contributed by atoms with van der Waals surface area (Å²) in [5.74, 6) is 0. The average molecular weight is 268 g/mol. The van der Waals surface area contributed by atoms with Crippen LogP contribution >= 0.6 is 27.5 Å². The van der Waals surface area contributed by atoms with Gasteiger partial charge in [0.2, 0.25) is 0 Å². The van der Waals surface area contributed by atoms with Crippen molar-refractivity contribution in [1.29, 1.82) is 5.26 Å². The van der Waals surface area contributed by atoms with Gasteiger partial charge in [-0.1, -0.05) is 27.5 Å². The van der Waals surface area contributed by atoms with Gasteiger partial charge in [0.1, 0.15) is 5.15 Å². The zero-order chi connectivity index (χ0) is 10.1. The number of hydrogen-bond donors (Lipinski definition) is 0. The molecule has 0 aliphatic carbocycles. The molecule has 0 aliphatic heterocycles. The van der Waals surface area contributed by atoms with Gasteiger partial charge in [-0.05, 0) is 24.3 Å². The smallest absolute Gasteiger partial charge is 0.129 e. The number of nitriles is 1. The van der Waals surface area contributed by atoms with Crippen LogP contribution in [0.3, 0.4) is 0 Å². The van der Waals surface area contributed by atoms with Crippen LogP contribution in [0.1, 0.15) is 5.56 Å². The molecule has 0 amide bonds. The van der Waals surface area contributed by atoms with E-state index in [2.05, 4.69) is 27.0 Å². The fourth-order valence-corrected chi connectivity index (χ4v) is 1.87. The summed E-state index contributed by atoms with van der Waals surface area (Å²) in [6.45, 7) is 0. The molecule has 0 bridgehead atoms. The Morgan fingerprint density at radius 3 is 2.86 bits per heavy atom. The van der Waals surface area contributed by atoms with Crippen molar-refractivity contribution in [2.75, 3.05) is 0 Å². The maximum Gasteiger partial charge on any atom is 0.129 e. The average Bonchev–Trinajstić information content (AvgIpc) is 2.15. The zero-order valence-corrected chi connectivity index (χ0v) is 9.30. The van der Waals surface area contributed by atoms with E-state index in [1.165, 1.54) is 0 Å². The van der Waals surface area contributed by atoms with E-state index in [1.54, 1.807) is 18.2 Å². The van der Waals surface area contributed by atoms with Gasteiger partial charge in [-0.25, -0.2) is 4.98 Å². The third kappa shape index (κ3) is 1.59. The largest absolute Gasteiger partial charge is 0.236 e. The van der Waals surface area contributed by atoms with E-state index in [-0.39, 0.29) is 0 Å². The zero-order valence-electron chi connectivity index (χ0n) is 6.96. The van der Waals surface area contributed by atoms with Gasteiger partial charge < -0.3 is 0 Å². The number of benzene rings is 1. The predicted octanol–water partition coefficient (Wildman–Crippen LogP) is 3.52. The maximum atomic E-state index is 8.90. The van der Waals surface area contributed by atoms with Gasteiger partial charge in [-0.3, -0.25) is 0 Å². The van der Waals surface area contributed by atoms with Crippen molar-refractivity contribution in [3.63, 3.8) is 0 Å². The Morgan fingerprint density at radius 1 is 1.36 bits per heavy atom. The summed E-state index contributed by atoms with van der Waals surface area (Å²) in [5, 5.41) is 10.1. The van der Waals surface area contributed by atoms with Crippen LogP contribution in [0.2, 0.25) is 5.15 Å². The second-order valence-corrected chi connectivity index (χ2v) is 4.07. The van der Waals surface area contributed by atoms with Crippen LogP contribution in [0.15, 0.2) is 28.7 Å². The summed E-state index contributed by atoms with van der Waals surface area (Å²) >= 11 is 9.07. The second kappa shape index (κ2) is 3.56. The normalized spacial score (nSPS) is 10.1. The molecule has 2 nitrogen and oxygen atoms in total. The summed E-state index contributed by atoms with van der Waals surface area (Å²) in [6, 6.07) is 9.19. The number of nitrogens with zero attached hydrogens (tertiary/aromatic N) is 2. The first-order chi connectivity index (χ1) is 6.70. The number of halogens is 2. The Morgan fingerprint density at radius 2 is 2.14 bits per heavy atom. The van der Waals surface area contributed by atoms with E-state index in [0.29, 0.717) is 10.7 Å². The highest BCUT2D eigenvalue weighted by Crippen LogP contribution is 2.23. The monoisotopic (exact) mass is 266 g/mol. The van der Waals surface area contributed by atoms with Gasteiger partial charge in [0.05, 0.1) is 17.1 Å². The van der Waals surface area contributed by atoms with Crippen LogP contribution < -0.4 is 0 Å². The molecule has 0 spiro atoms. The topological polar surface area (TPSA) is 36.7 Å². The molecule has 1 aromatic carbocycles. The van der Waals surface area contributed by atoms with Crippen molar-refractivity contribution in [3.8, 4) is 6.07 Å². The molecule has 14 heavy (non-hydrogen) atoms. The Kier molecular flexibility index (Phi) is 2.40. The third-order valence-corrected chi connectivity index (χ3v) is 2.53. The molecule has 68 valence electrons. The van der Waals surface area contributed by atoms with Crippen molar-refractivity contribution in [3.05, 3.63) is 39.5 Å². The summed E-state index contributed by atoms with van der Waals surface area (Å²) in [5.41, 5.74) is 1.32. The molecular weight excluding hydrogens is 263 g/mol. The minimum absolute atomic E-state index is 0.430. The Bertz CT molecular complexity index is 540. The van der Waals surface area contributed by atoms with E-state index in [1.807, 2.05) is 6.07 Å². The van der Waals surface area contributed by atoms with Gasteiger partial charge in [0.15, 0.2) is 0 Å². The van der Waals surface area contributed by atoms with Crippen molar-refractivity contribution >= 4 is 38.4 Å². The molecule has 4 heteroatoms. The van der Waals surface area contributed by atoms with Crippen LogP contribution in [0.4, 0.5) is 0 Å². The molecular formula is C10H4BrClN2. The first kappa shape index (κ1) is 9.45. The van der Waals surface area contributed by atoms with E-state index < -0.39 is 0 Å². The van der Waals surface area contributed by atoms with Crippen LogP contribution in [0.25, 0.3) is 10.9 Å². The predicted molar refractivity (Wildman–Crippen MR) is 59.2 cm³/mol. The summed E-state index contributed by atoms with van der Waals surface area (Å²) in [7, 11) is 0. The molecule has 0 atom stereocenters. The maximum absolute atomic E-state index is 8.90. The third-order valence-electron chi connectivity index (χ3n) is 1.86. The molecule has 0 radical (unpaired) electrons. The lowest BCUT2D eigenvalue weighted by Crippen LogP contribution is -1.84. The standard InChI is InChI=1S/C10H4BrClN2/c11-7-3-6(5-13)8-1-2-10(12)14-9(8)4-7/h1-4H. The highest BCUT2D eigenvalue weighted by molar-refractivity contribution is 9.10. The Balaban J connectivity index is 2.89. The van der Waals surface area contributed by atoms with Gasteiger partial charge in [0.25, 0.3) is 0 Å². The molecule has 0 unspecified atom stereocenters. The fourth-order valence-electron chi connectivity index (χ4n) is 1.27. The Hall–Kier alpha value is -1.11. The van der Waals surface area contributed by atoms with Crippen LogP contribution in [0.5, 0.6) is 0 Å². The molecule has 1 aromatic heterocycles. The number of pyridine rings is 1. The van der Waals surface area contributed by atoms with Crippen LogP contribution in [0, 0.1) is 11.3 Å². The molecule has 0 N–H and O–H groups in total. The first-order valence-corrected chi connectivity index (χ1v) is 5.04. The summed E-state index contributed by atoms with van der Waals surface area (Å²) in [6.07, 6.45) is 0. The van der Waals surface area contributed by atoms with Gasteiger partial charge in [-0.15, -0.1) is 0 Å². The SMILES string of the molecule is N#Cc1cc(Br)cc2nc(Cl)ccc12. The minimum Gasteiger partial charge on any atom is -0.236 e. The van der Waals surface area contributed by atoms with Gasteiger partial charge in [0, 0.05) is 9.86 Å². The molecule has 2 rings (SSSR count). The van der Waals surface area contributed by atoms with E-state index in [0.717, 1.165) is 15.4 Å². The molecule has 2 aromatic rings. The molecule has 0 saturated carbocycles. The second-order valence-electron chi connectivity index (χ2n) is 2.77. The quantitative estimate of drug-likeness (QED) is 0.685. The molecule has 0 fully saturated rings. The van der Waals surface area contributed by atoms with E-state index in [9.17, 15) is 0 Å². The lowest BCUT2D eigenvalue weighted by atomic mass is 10.1. The Labute approximate surface area is 94.3 Å². The highest BCUT2D eigenvalue weighted by atomic mass is 79.9. The molecule has 0 saturated heterocycles. The lowest BCUT2D eigenvalue weighted by molar-refractivity contribution is 1.40. The van der Waals surface area contributed by atoms with Crippen molar-refractivity contribution < 1.29 is 0 Å². The van der Waals surface area contributed by atoms with Crippen LogP contribution in [-0.2, 0) is 0 Å². The summed E-state index contributed by atoms with van der Waals surface area (Å²) in [4.78, 5) is 4.13. The van der Waals surface area contributed by atoms with E-state index in [4.69, 9.17) is 16.9 Å². The molecule has 0 aliphatic rings. The van der Waals surface area contributed by atoms with Gasteiger partial charge >= 0.3 is 0 Å². The molecule has 1 heterocycles.